The van der Waals surface area contributed by atoms with Gasteiger partial charge in [-0.05, 0) is 24.3 Å². The van der Waals surface area contributed by atoms with E-state index < -0.39 is 26.4 Å². The Bertz CT molecular complexity index is 1440. The summed E-state index contributed by atoms with van der Waals surface area (Å²) >= 11 is 0. The van der Waals surface area contributed by atoms with Gasteiger partial charge in [0.2, 0.25) is 15.6 Å². The van der Waals surface area contributed by atoms with E-state index in [1.54, 1.807) is 0 Å². The van der Waals surface area contributed by atoms with Crippen molar-refractivity contribution in [2.24, 2.45) is 0 Å². The number of carbonyl (C=O) groups excluding carboxylic acids is 1. The molecule has 13 heteroatoms. The maximum atomic E-state index is 13.1. The second kappa shape index (κ2) is 9.21. The summed E-state index contributed by atoms with van der Waals surface area (Å²) in [6, 6.07) is 8.79. The third-order valence-corrected chi connectivity index (χ3v) is 7.20. The molecule has 0 radical (unpaired) electrons. The maximum Gasteiger partial charge on any atom is 0.271 e. The van der Waals surface area contributed by atoms with E-state index in [2.05, 4.69) is 10.3 Å². The summed E-state index contributed by atoms with van der Waals surface area (Å²) < 4.78 is 37.8. The number of morpholine rings is 1. The van der Waals surface area contributed by atoms with Crippen LogP contribution >= 0.6 is 0 Å². The number of nitrogens with zero attached hydrogens (tertiary/aromatic N) is 2. The number of ether oxygens (including phenoxy) is 2. The van der Waals surface area contributed by atoms with E-state index in [1.165, 1.54) is 41.7 Å². The van der Waals surface area contributed by atoms with Crippen molar-refractivity contribution in [3.63, 3.8) is 0 Å². The van der Waals surface area contributed by atoms with Crippen molar-refractivity contribution in [1.29, 1.82) is 0 Å². The highest BCUT2D eigenvalue weighted by molar-refractivity contribution is 7.89. The second-order valence-electron chi connectivity index (χ2n) is 7.37. The summed E-state index contributed by atoms with van der Waals surface area (Å²) in [4.78, 5) is 38.3. The number of anilines is 1. The minimum Gasteiger partial charge on any atom is -0.495 e. The molecular weight excluding hydrogens is 468 g/mol. The summed E-state index contributed by atoms with van der Waals surface area (Å²) in [6.45, 7) is 0.954. The molecule has 2 N–H and O–H groups in total. The summed E-state index contributed by atoms with van der Waals surface area (Å²) in [5.74, 6) is -0.598. The first-order valence-corrected chi connectivity index (χ1v) is 11.5. The molecule has 1 aliphatic heterocycles. The molecule has 1 saturated heterocycles. The number of aromatic nitrogens is 1. The summed E-state index contributed by atoms with van der Waals surface area (Å²) in [5, 5.41) is 13.8. The van der Waals surface area contributed by atoms with E-state index in [0.717, 1.165) is 12.1 Å². The third-order valence-electron chi connectivity index (χ3n) is 5.31. The van der Waals surface area contributed by atoms with Crippen LogP contribution in [-0.4, -0.2) is 62.0 Å². The summed E-state index contributed by atoms with van der Waals surface area (Å²) in [7, 11) is -2.52. The lowest BCUT2D eigenvalue weighted by Gasteiger charge is -2.26. The van der Waals surface area contributed by atoms with Gasteiger partial charge in [-0.25, -0.2) is 8.42 Å². The molecule has 0 spiro atoms. The normalized spacial score (nSPS) is 14.6. The summed E-state index contributed by atoms with van der Waals surface area (Å²) in [6.07, 6.45) is 0. The average molecular weight is 488 g/mol. The van der Waals surface area contributed by atoms with Crippen molar-refractivity contribution in [2.75, 3.05) is 38.7 Å². The van der Waals surface area contributed by atoms with Gasteiger partial charge in [0.05, 0.1) is 41.4 Å². The van der Waals surface area contributed by atoms with E-state index in [9.17, 15) is 28.1 Å². The minimum absolute atomic E-state index is 0.0206. The molecule has 0 bridgehead atoms. The van der Waals surface area contributed by atoms with Crippen molar-refractivity contribution >= 4 is 38.2 Å². The zero-order chi connectivity index (χ0) is 24.5. The summed E-state index contributed by atoms with van der Waals surface area (Å²) in [5.41, 5.74) is -0.679. The highest BCUT2D eigenvalue weighted by Gasteiger charge is 2.27. The molecule has 178 valence electrons. The monoisotopic (exact) mass is 488 g/mol. The molecule has 1 aliphatic rings. The molecule has 0 atom stereocenters. The fourth-order valence-electron chi connectivity index (χ4n) is 3.61. The maximum absolute atomic E-state index is 13.1. The van der Waals surface area contributed by atoms with Crippen LogP contribution in [0.5, 0.6) is 5.75 Å². The predicted molar refractivity (Wildman–Crippen MR) is 122 cm³/mol. The largest absolute Gasteiger partial charge is 0.495 e. The standard InChI is InChI=1S/C21H20N4O8S/c1-32-19-5-2-13(25(28)29)10-18(19)23-21(27)16-12-20(26)22-17-4-3-14(11-15(16)17)34(30,31)24-6-8-33-9-7-24/h2-5,10-12H,6-9H2,1H3,(H,22,26)(H,23,27). The SMILES string of the molecule is COc1ccc([N+](=O)[O-])cc1NC(=O)c1cc(=O)[nH]c2ccc(S(=O)(=O)N3CCOCC3)cc12. The van der Waals surface area contributed by atoms with Crippen LogP contribution in [0.3, 0.4) is 0 Å². The number of carbonyl (C=O) groups is 1. The van der Waals surface area contributed by atoms with Crippen molar-refractivity contribution in [2.45, 2.75) is 4.90 Å². The number of amides is 1. The lowest BCUT2D eigenvalue weighted by Crippen LogP contribution is -2.40. The number of nitrogens with one attached hydrogen (secondary N) is 2. The Balaban J connectivity index is 1.77. The number of hydrogen-bond acceptors (Lipinski definition) is 8. The highest BCUT2D eigenvalue weighted by Crippen LogP contribution is 2.30. The molecule has 2 heterocycles. The molecule has 1 aromatic heterocycles. The van der Waals surface area contributed by atoms with Crippen LogP contribution in [0.15, 0.2) is 52.2 Å². The van der Waals surface area contributed by atoms with Crippen LogP contribution in [0.2, 0.25) is 0 Å². The van der Waals surface area contributed by atoms with Gasteiger partial charge in [-0.1, -0.05) is 0 Å². The van der Waals surface area contributed by atoms with E-state index in [-0.39, 0.29) is 64.8 Å². The van der Waals surface area contributed by atoms with Gasteiger partial charge < -0.3 is 19.8 Å². The smallest absolute Gasteiger partial charge is 0.271 e. The average Bonchev–Trinajstić information content (AvgIpc) is 2.83. The highest BCUT2D eigenvalue weighted by atomic mass is 32.2. The van der Waals surface area contributed by atoms with Gasteiger partial charge in [0.15, 0.2) is 0 Å². The number of benzene rings is 2. The Morgan fingerprint density at radius 1 is 1.18 bits per heavy atom. The fourth-order valence-corrected chi connectivity index (χ4v) is 5.05. The molecule has 12 nitrogen and oxygen atoms in total. The predicted octanol–water partition coefficient (Wildman–Crippen LogP) is 1.72. The van der Waals surface area contributed by atoms with Gasteiger partial charge in [-0.3, -0.25) is 19.7 Å². The number of H-pyrrole nitrogens is 1. The van der Waals surface area contributed by atoms with Gasteiger partial charge in [-0.2, -0.15) is 4.31 Å². The molecule has 34 heavy (non-hydrogen) atoms. The van der Waals surface area contributed by atoms with E-state index in [1.807, 2.05) is 0 Å². The number of hydrogen-bond donors (Lipinski definition) is 2. The number of rotatable bonds is 6. The van der Waals surface area contributed by atoms with Crippen LogP contribution in [-0.2, 0) is 14.8 Å². The Labute approximate surface area is 193 Å². The molecule has 0 aliphatic carbocycles. The second-order valence-corrected chi connectivity index (χ2v) is 9.30. The third kappa shape index (κ3) is 4.48. The molecule has 3 aromatic rings. The minimum atomic E-state index is -3.86. The van der Waals surface area contributed by atoms with Crippen LogP contribution < -0.4 is 15.6 Å². The topological polar surface area (TPSA) is 161 Å². The van der Waals surface area contributed by atoms with Crippen LogP contribution in [0.1, 0.15) is 10.4 Å². The van der Waals surface area contributed by atoms with Crippen LogP contribution in [0, 0.1) is 10.1 Å². The number of aromatic amines is 1. The number of nitro benzene ring substituents is 1. The number of methoxy groups -OCH3 is 1. The van der Waals surface area contributed by atoms with Crippen molar-refractivity contribution in [3.8, 4) is 5.75 Å². The first-order chi connectivity index (χ1) is 16.2. The molecule has 0 unspecified atom stereocenters. The first-order valence-electron chi connectivity index (χ1n) is 10.1. The van der Waals surface area contributed by atoms with Gasteiger partial charge in [0.25, 0.3) is 11.6 Å². The number of non-ortho nitro benzene ring substituents is 1. The van der Waals surface area contributed by atoms with Gasteiger partial charge in [-0.15, -0.1) is 0 Å². The molecule has 4 rings (SSSR count). The lowest BCUT2D eigenvalue weighted by molar-refractivity contribution is -0.384. The molecular formula is C21H20N4O8S. The number of nitro groups is 1. The first kappa shape index (κ1) is 23.4. The number of sulfonamides is 1. The number of fused-ring (bicyclic) bond motifs is 1. The van der Waals surface area contributed by atoms with Crippen molar-refractivity contribution in [3.05, 3.63) is 68.5 Å². The lowest BCUT2D eigenvalue weighted by atomic mass is 10.1. The van der Waals surface area contributed by atoms with Crippen LogP contribution in [0.25, 0.3) is 10.9 Å². The Hall–Kier alpha value is -3.81. The van der Waals surface area contributed by atoms with Crippen molar-refractivity contribution < 1.29 is 27.6 Å². The van der Waals surface area contributed by atoms with Crippen molar-refractivity contribution in [1.82, 2.24) is 9.29 Å². The Morgan fingerprint density at radius 3 is 2.59 bits per heavy atom. The zero-order valence-electron chi connectivity index (χ0n) is 17.9. The molecule has 0 saturated carbocycles. The molecule has 1 fully saturated rings. The van der Waals surface area contributed by atoms with Gasteiger partial charge >= 0.3 is 0 Å². The van der Waals surface area contributed by atoms with Gasteiger partial charge in [0.1, 0.15) is 5.75 Å². The Kier molecular flexibility index (Phi) is 6.32. The van der Waals surface area contributed by atoms with E-state index in [0.29, 0.717) is 0 Å². The number of pyridine rings is 1. The van der Waals surface area contributed by atoms with Crippen LogP contribution in [0.4, 0.5) is 11.4 Å². The molecule has 1 amide bonds. The zero-order valence-corrected chi connectivity index (χ0v) is 18.8. The Morgan fingerprint density at radius 2 is 1.91 bits per heavy atom. The van der Waals surface area contributed by atoms with Gasteiger partial charge in [0, 0.05) is 42.2 Å². The fraction of sp³-hybridized carbons (Fsp3) is 0.238. The quantitative estimate of drug-likeness (QED) is 0.392. The van der Waals surface area contributed by atoms with E-state index in [4.69, 9.17) is 9.47 Å². The molecule has 2 aromatic carbocycles. The van der Waals surface area contributed by atoms with E-state index >= 15 is 0 Å².